The molecule has 1 saturated heterocycles. The van der Waals surface area contributed by atoms with Gasteiger partial charge in [0.25, 0.3) is 0 Å². The first-order chi connectivity index (χ1) is 16.1. The van der Waals surface area contributed by atoms with E-state index in [4.69, 9.17) is 16.3 Å². The van der Waals surface area contributed by atoms with E-state index in [0.717, 1.165) is 35.5 Å². The summed E-state index contributed by atoms with van der Waals surface area (Å²) in [5.74, 6) is 0.755. The summed E-state index contributed by atoms with van der Waals surface area (Å²) in [6.07, 6.45) is 10.1. The van der Waals surface area contributed by atoms with Gasteiger partial charge >= 0.3 is 6.09 Å². The van der Waals surface area contributed by atoms with Crippen LogP contribution in [0.1, 0.15) is 47.9 Å². The number of hydrogen-bond donors (Lipinski definition) is 1. The molecular formula is C27H26ClN3O2. The number of rotatable bonds is 5. The number of nitrogens with one attached hydrogen (secondary N) is 1. The van der Waals surface area contributed by atoms with Crippen LogP contribution in [-0.2, 0) is 16.2 Å². The number of benzene rings is 2. The zero-order valence-electron chi connectivity index (χ0n) is 18.3. The van der Waals surface area contributed by atoms with Gasteiger partial charge < -0.3 is 9.72 Å². The lowest BCUT2D eigenvalue weighted by Crippen LogP contribution is -2.31. The van der Waals surface area contributed by atoms with Gasteiger partial charge in [-0.15, -0.1) is 11.6 Å². The lowest BCUT2D eigenvalue weighted by atomic mass is 9.90. The smallest absolute Gasteiger partial charge is 0.410 e. The average molecular weight is 460 g/mol. The molecule has 1 aromatic heterocycles. The molecule has 1 N–H and O–H groups in total. The van der Waals surface area contributed by atoms with Gasteiger partial charge in [0, 0.05) is 6.54 Å². The molecule has 1 fully saturated rings. The first-order valence-electron chi connectivity index (χ1n) is 11.3. The normalized spacial score (nSPS) is 22.3. The number of amides is 1. The monoisotopic (exact) mass is 459 g/mol. The van der Waals surface area contributed by atoms with Gasteiger partial charge in [0.1, 0.15) is 17.3 Å². The van der Waals surface area contributed by atoms with Gasteiger partial charge in [0.15, 0.2) is 0 Å². The van der Waals surface area contributed by atoms with Crippen molar-refractivity contribution in [3.05, 3.63) is 108 Å². The van der Waals surface area contributed by atoms with Gasteiger partial charge in [0.2, 0.25) is 0 Å². The minimum Gasteiger partial charge on any atom is -0.445 e. The largest absolute Gasteiger partial charge is 0.445 e. The van der Waals surface area contributed by atoms with Crippen LogP contribution in [0.15, 0.2) is 85.1 Å². The number of carbonyl (C=O) groups is 1. The van der Waals surface area contributed by atoms with Crippen molar-refractivity contribution in [2.24, 2.45) is 0 Å². The predicted molar refractivity (Wildman–Crippen MR) is 130 cm³/mol. The summed E-state index contributed by atoms with van der Waals surface area (Å²) in [6.45, 7) is 0.918. The van der Waals surface area contributed by atoms with E-state index < -0.39 is 4.87 Å². The first-order valence-corrected chi connectivity index (χ1v) is 11.7. The van der Waals surface area contributed by atoms with Gasteiger partial charge in [-0.3, -0.25) is 4.90 Å². The molecule has 33 heavy (non-hydrogen) atoms. The lowest BCUT2D eigenvalue weighted by molar-refractivity contribution is 0.0909. The second-order valence-electron chi connectivity index (χ2n) is 8.50. The molecule has 0 saturated carbocycles. The molecule has 2 aromatic carbocycles. The molecule has 2 heterocycles. The maximum Gasteiger partial charge on any atom is 0.410 e. The van der Waals surface area contributed by atoms with Crippen LogP contribution < -0.4 is 0 Å². The Hall–Kier alpha value is -3.31. The van der Waals surface area contributed by atoms with Crippen LogP contribution in [0.2, 0.25) is 0 Å². The average Bonchev–Trinajstić information content (AvgIpc) is 3.54. The summed E-state index contributed by atoms with van der Waals surface area (Å²) in [7, 11) is 0. The Morgan fingerprint density at radius 3 is 2.64 bits per heavy atom. The Kier molecular flexibility index (Phi) is 6.05. The predicted octanol–water partition coefficient (Wildman–Crippen LogP) is 6.36. The number of ether oxygens (including phenoxy) is 1. The van der Waals surface area contributed by atoms with Crippen LogP contribution in [0, 0.1) is 0 Å². The van der Waals surface area contributed by atoms with Crippen molar-refractivity contribution >= 4 is 23.3 Å². The van der Waals surface area contributed by atoms with Crippen molar-refractivity contribution in [2.45, 2.75) is 36.8 Å². The number of allylic oxidation sites excluding steroid dienone is 4. The van der Waals surface area contributed by atoms with E-state index in [-0.39, 0.29) is 18.7 Å². The molecule has 5 nitrogen and oxygen atoms in total. The standard InChI is InChI=1S/C27H26ClN3O2/c28-27(15-13-22(14-16-27)21-10-5-2-6-11-21)24-18-29-25(30-24)23-12-7-17-31(23)26(32)33-19-20-8-3-1-4-9-20/h1-6,8-11,13-15,18,23H,7,12,16-17,19H2,(H,29,30)/t23-,27?/m0/s1. The van der Waals surface area contributed by atoms with Gasteiger partial charge in [-0.2, -0.15) is 0 Å². The number of imidazole rings is 1. The molecule has 1 aliphatic carbocycles. The van der Waals surface area contributed by atoms with Crippen molar-refractivity contribution in [3.8, 4) is 0 Å². The van der Waals surface area contributed by atoms with Crippen molar-refractivity contribution in [2.75, 3.05) is 6.54 Å². The molecule has 1 unspecified atom stereocenters. The van der Waals surface area contributed by atoms with Gasteiger partial charge in [-0.25, -0.2) is 9.78 Å². The Balaban J connectivity index is 1.26. The lowest BCUT2D eigenvalue weighted by Gasteiger charge is -2.25. The number of H-pyrrole nitrogens is 1. The van der Waals surface area contributed by atoms with E-state index in [1.54, 1.807) is 11.1 Å². The summed E-state index contributed by atoms with van der Waals surface area (Å²) < 4.78 is 5.56. The number of nitrogens with zero attached hydrogens (tertiary/aromatic N) is 2. The van der Waals surface area contributed by atoms with Crippen LogP contribution in [0.3, 0.4) is 0 Å². The summed E-state index contributed by atoms with van der Waals surface area (Å²) in [4.78, 5) is 21.9. The summed E-state index contributed by atoms with van der Waals surface area (Å²) in [6, 6.07) is 19.8. The first kappa shape index (κ1) is 21.5. The van der Waals surface area contributed by atoms with Crippen LogP contribution in [0.5, 0.6) is 0 Å². The summed E-state index contributed by atoms with van der Waals surface area (Å²) >= 11 is 6.98. The molecule has 6 heteroatoms. The third-order valence-electron chi connectivity index (χ3n) is 6.30. The maximum absolute atomic E-state index is 12.8. The highest BCUT2D eigenvalue weighted by Crippen LogP contribution is 2.40. The second kappa shape index (κ2) is 9.28. The highest BCUT2D eigenvalue weighted by Gasteiger charge is 2.35. The minimum absolute atomic E-state index is 0.134. The Labute approximate surface area is 198 Å². The van der Waals surface area contributed by atoms with Crippen molar-refractivity contribution in [1.29, 1.82) is 0 Å². The molecule has 2 atom stereocenters. The van der Waals surface area contributed by atoms with Crippen LogP contribution >= 0.6 is 11.6 Å². The number of halogens is 1. The molecule has 0 radical (unpaired) electrons. The molecule has 0 spiro atoms. The van der Waals surface area contributed by atoms with E-state index in [0.29, 0.717) is 13.0 Å². The molecular weight excluding hydrogens is 434 g/mol. The molecule has 3 aromatic rings. The molecule has 1 aliphatic heterocycles. The summed E-state index contributed by atoms with van der Waals surface area (Å²) in [5, 5.41) is 0. The molecule has 168 valence electrons. The fourth-order valence-electron chi connectivity index (χ4n) is 4.45. The van der Waals surface area contributed by atoms with Crippen LogP contribution in [0.4, 0.5) is 4.79 Å². The minimum atomic E-state index is -0.680. The van der Waals surface area contributed by atoms with Gasteiger partial charge in [0.05, 0.1) is 17.9 Å². The van der Waals surface area contributed by atoms with Crippen molar-refractivity contribution in [3.63, 3.8) is 0 Å². The highest BCUT2D eigenvalue weighted by molar-refractivity contribution is 6.25. The number of aromatic amines is 1. The molecule has 0 bridgehead atoms. The fraction of sp³-hybridized carbons (Fsp3) is 0.259. The topological polar surface area (TPSA) is 58.2 Å². The second-order valence-corrected chi connectivity index (χ2v) is 9.17. The maximum atomic E-state index is 12.8. The van der Waals surface area contributed by atoms with E-state index in [2.05, 4.69) is 34.3 Å². The van der Waals surface area contributed by atoms with E-state index >= 15 is 0 Å². The number of alkyl halides is 1. The number of likely N-dealkylation sites (tertiary alicyclic amines) is 1. The van der Waals surface area contributed by atoms with Crippen molar-refractivity contribution < 1.29 is 9.53 Å². The highest BCUT2D eigenvalue weighted by atomic mass is 35.5. The van der Waals surface area contributed by atoms with Crippen LogP contribution in [-0.4, -0.2) is 27.5 Å². The quantitative estimate of drug-likeness (QED) is 0.451. The Morgan fingerprint density at radius 2 is 1.91 bits per heavy atom. The van der Waals surface area contributed by atoms with Gasteiger partial charge in [-0.1, -0.05) is 78.9 Å². The Morgan fingerprint density at radius 1 is 1.15 bits per heavy atom. The number of aromatic nitrogens is 2. The molecule has 1 amide bonds. The number of hydrogen-bond acceptors (Lipinski definition) is 3. The van der Waals surface area contributed by atoms with E-state index in [1.165, 1.54) is 5.56 Å². The zero-order chi connectivity index (χ0) is 22.7. The third-order valence-corrected chi connectivity index (χ3v) is 6.79. The summed E-state index contributed by atoms with van der Waals surface area (Å²) in [5.41, 5.74) is 4.14. The van der Waals surface area contributed by atoms with Crippen molar-refractivity contribution in [1.82, 2.24) is 14.9 Å². The Bertz CT molecular complexity index is 1170. The zero-order valence-corrected chi connectivity index (χ0v) is 19.0. The van der Waals surface area contributed by atoms with E-state index in [9.17, 15) is 4.79 Å². The molecule has 5 rings (SSSR count). The van der Waals surface area contributed by atoms with Crippen LogP contribution in [0.25, 0.3) is 5.57 Å². The van der Waals surface area contributed by atoms with Gasteiger partial charge in [-0.05, 0) is 36.0 Å². The molecule has 2 aliphatic rings. The third kappa shape index (κ3) is 4.60. The van der Waals surface area contributed by atoms with E-state index in [1.807, 2.05) is 54.6 Å². The SMILES string of the molecule is O=C(OCc1ccccc1)N1CCC[C@H]1c1ncc(C2(Cl)C=CC(c3ccccc3)=CC2)[nH]1. The fourth-order valence-corrected chi connectivity index (χ4v) is 4.69. The number of carbonyl (C=O) groups excluding carboxylic acids is 1.